The van der Waals surface area contributed by atoms with Crippen LogP contribution in [0.4, 0.5) is 5.69 Å². The summed E-state index contributed by atoms with van der Waals surface area (Å²) in [6.07, 6.45) is 3.08. The fraction of sp³-hybridized carbons (Fsp3) is 0.222. The number of thiazole rings is 1. The SMILES string of the molecule is CCOc1ccc(-c2nn(-c3ccccc3)cc2/C=c2/sc3n(c2=O)[C@H](c2ccc(OC)cc2)C(C(=O)OC(C)C)=C(C)N=3)cc1[N+](=O)[O-]. The van der Waals surface area contributed by atoms with Crippen molar-refractivity contribution in [3.8, 4) is 28.4 Å². The number of carbonyl (C=O) groups excluding carboxylic acids is 1. The summed E-state index contributed by atoms with van der Waals surface area (Å²) in [5, 5.41) is 16.8. The molecule has 0 fully saturated rings. The van der Waals surface area contributed by atoms with Gasteiger partial charge in [-0.2, -0.15) is 5.10 Å². The zero-order valence-electron chi connectivity index (χ0n) is 27.4. The van der Waals surface area contributed by atoms with Gasteiger partial charge in [-0.25, -0.2) is 14.5 Å². The zero-order chi connectivity index (χ0) is 34.8. The van der Waals surface area contributed by atoms with Gasteiger partial charge in [0.2, 0.25) is 0 Å². The first-order chi connectivity index (χ1) is 23.6. The van der Waals surface area contributed by atoms with Crippen LogP contribution in [0.15, 0.2) is 100 Å². The Labute approximate surface area is 285 Å². The number of methoxy groups -OCH3 is 1. The Bertz CT molecular complexity index is 2270. The second kappa shape index (κ2) is 13.7. The highest BCUT2D eigenvalue weighted by molar-refractivity contribution is 7.07. The Balaban J connectivity index is 1.56. The van der Waals surface area contributed by atoms with E-state index in [0.717, 1.165) is 5.69 Å². The van der Waals surface area contributed by atoms with Crippen LogP contribution in [0.3, 0.4) is 0 Å². The largest absolute Gasteiger partial charge is 0.497 e. The van der Waals surface area contributed by atoms with E-state index in [0.29, 0.717) is 43.2 Å². The molecule has 0 saturated carbocycles. The van der Waals surface area contributed by atoms with Crippen molar-refractivity contribution >= 4 is 29.1 Å². The molecule has 1 atom stereocenters. The summed E-state index contributed by atoms with van der Waals surface area (Å²) >= 11 is 1.17. The fourth-order valence-electron chi connectivity index (χ4n) is 5.62. The van der Waals surface area contributed by atoms with Crippen molar-refractivity contribution < 1.29 is 23.9 Å². The number of para-hydroxylation sites is 1. The third kappa shape index (κ3) is 6.52. The summed E-state index contributed by atoms with van der Waals surface area (Å²) in [5.41, 5.74) is 3.00. The number of hydrogen-bond acceptors (Lipinski definition) is 10. The molecule has 0 saturated heterocycles. The van der Waals surface area contributed by atoms with Crippen LogP contribution in [0.1, 0.15) is 44.9 Å². The van der Waals surface area contributed by atoms with Crippen LogP contribution in [0.2, 0.25) is 0 Å². The molecule has 12 nitrogen and oxygen atoms in total. The molecule has 5 aromatic rings. The smallest absolute Gasteiger partial charge is 0.338 e. The van der Waals surface area contributed by atoms with Crippen LogP contribution in [0.5, 0.6) is 11.5 Å². The highest BCUT2D eigenvalue weighted by Crippen LogP contribution is 2.35. The van der Waals surface area contributed by atoms with Crippen molar-refractivity contribution in [2.24, 2.45) is 4.99 Å². The van der Waals surface area contributed by atoms with Gasteiger partial charge in [0.05, 0.1) is 52.3 Å². The van der Waals surface area contributed by atoms with Crippen molar-refractivity contribution in [3.05, 3.63) is 131 Å². The summed E-state index contributed by atoms with van der Waals surface area (Å²) < 4.78 is 19.9. The summed E-state index contributed by atoms with van der Waals surface area (Å²) in [6.45, 7) is 7.27. The van der Waals surface area contributed by atoms with Gasteiger partial charge in [-0.3, -0.25) is 19.5 Å². The molecule has 250 valence electrons. The van der Waals surface area contributed by atoms with Crippen LogP contribution < -0.4 is 24.4 Å². The van der Waals surface area contributed by atoms with Crippen molar-refractivity contribution in [2.75, 3.05) is 13.7 Å². The molecular formula is C36H33N5O7S. The molecule has 3 heterocycles. The highest BCUT2D eigenvalue weighted by atomic mass is 32.1. The molecule has 0 amide bonds. The zero-order valence-corrected chi connectivity index (χ0v) is 28.3. The van der Waals surface area contributed by atoms with Gasteiger partial charge in [-0.05, 0) is 75.7 Å². The standard InChI is InChI=1S/C36H33N5O7S/c1-6-47-29-17-14-24(18-28(29)41(44)45)32-25(20-39(38-32)26-10-8-7-9-11-26)19-30-34(42)40-33(23-12-15-27(46-5)16-13-23)31(35(43)48-21(2)3)22(4)37-36(40)49-30/h7-21,33H,6H2,1-5H3/b30-19+/t33-/m1/s1. The number of carbonyl (C=O) groups is 1. The molecule has 0 aliphatic carbocycles. The molecule has 1 aliphatic heterocycles. The van der Waals surface area contributed by atoms with Crippen LogP contribution in [0.25, 0.3) is 23.0 Å². The predicted molar refractivity (Wildman–Crippen MR) is 185 cm³/mol. The summed E-state index contributed by atoms with van der Waals surface area (Å²) in [5.74, 6) is 0.213. The number of nitro groups is 1. The van der Waals surface area contributed by atoms with E-state index in [1.807, 2.05) is 42.5 Å². The number of benzene rings is 3. The minimum Gasteiger partial charge on any atom is -0.497 e. The molecule has 0 radical (unpaired) electrons. The lowest BCUT2D eigenvalue weighted by Gasteiger charge is -2.25. The third-order valence-electron chi connectivity index (χ3n) is 7.79. The Kier molecular flexibility index (Phi) is 9.27. The number of hydrogen-bond donors (Lipinski definition) is 0. The molecule has 6 rings (SSSR count). The van der Waals surface area contributed by atoms with Crippen molar-refractivity contribution in [2.45, 2.75) is 39.8 Å². The number of fused-ring (bicyclic) bond motifs is 1. The number of esters is 1. The molecule has 3 aromatic carbocycles. The Morgan fingerprint density at radius 3 is 2.49 bits per heavy atom. The molecule has 0 unspecified atom stereocenters. The first-order valence-corrected chi connectivity index (χ1v) is 16.4. The highest BCUT2D eigenvalue weighted by Gasteiger charge is 2.34. The number of allylic oxidation sites excluding steroid dienone is 1. The summed E-state index contributed by atoms with van der Waals surface area (Å²) in [4.78, 5) is 44.4. The van der Waals surface area contributed by atoms with Gasteiger partial charge >= 0.3 is 11.7 Å². The van der Waals surface area contributed by atoms with Crippen molar-refractivity contribution in [1.29, 1.82) is 0 Å². The van der Waals surface area contributed by atoms with Crippen LogP contribution in [-0.4, -0.2) is 45.1 Å². The van der Waals surface area contributed by atoms with Gasteiger partial charge in [0, 0.05) is 23.4 Å². The normalized spacial score (nSPS) is 14.4. The quantitative estimate of drug-likeness (QED) is 0.109. The van der Waals surface area contributed by atoms with Gasteiger partial charge in [-0.15, -0.1) is 0 Å². The van der Waals surface area contributed by atoms with E-state index >= 15 is 0 Å². The summed E-state index contributed by atoms with van der Waals surface area (Å²) in [6, 6.07) is 20.4. The van der Waals surface area contributed by atoms with E-state index in [2.05, 4.69) is 4.99 Å². The lowest BCUT2D eigenvalue weighted by molar-refractivity contribution is -0.385. The second-order valence-electron chi connectivity index (χ2n) is 11.4. The van der Waals surface area contributed by atoms with E-state index in [9.17, 15) is 19.7 Å². The number of aromatic nitrogens is 3. The number of rotatable bonds is 10. The second-order valence-corrected chi connectivity index (χ2v) is 12.4. The molecule has 0 spiro atoms. The maximum atomic E-state index is 14.4. The number of nitrogens with zero attached hydrogens (tertiary/aromatic N) is 5. The average molecular weight is 680 g/mol. The van der Waals surface area contributed by atoms with Gasteiger partial charge in [-0.1, -0.05) is 41.7 Å². The van der Waals surface area contributed by atoms with Gasteiger partial charge in [0.1, 0.15) is 11.4 Å². The topological polar surface area (TPSA) is 140 Å². The molecule has 2 aromatic heterocycles. The fourth-order valence-corrected chi connectivity index (χ4v) is 6.66. The Hall–Kier alpha value is -5.82. The molecule has 0 N–H and O–H groups in total. The van der Waals surface area contributed by atoms with Crippen molar-refractivity contribution in [3.63, 3.8) is 0 Å². The van der Waals surface area contributed by atoms with Gasteiger partial charge < -0.3 is 14.2 Å². The molecule has 1 aliphatic rings. The first-order valence-electron chi connectivity index (χ1n) is 15.5. The number of nitro benzene ring substituents is 1. The van der Waals surface area contributed by atoms with E-state index in [1.165, 1.54) is 22.0 Å². The number of ether oxygens (including phenoxy) is 3. The van der Waals surface area contributed by atoms with Crippen LogP contribution >= 0.6 is 11.3 Å². The third-order valence-corrected chi connectivity index (χ3v) is 8.78. The monoisotopic (exact) mass is 679 g/mol. The lowest BCUT2D eigenvalue weighted by atomic mass is 9.96. The van der Waals surface area contributed by atoms with Crippen LogP contribution in [-0.2, 0) is 9.53 Å². The predicted octanol–water partition coefficient (Wildman–Crippen LogP) is 5.36. The van der Waals surface area contributed by atoms with E-state index in [1.54, 1.807) is 76.0 Å². The van der Waals surface area contributed by atoms with E-state index in [-0.39, 0.29) is 35.3 Å². The van der Waals surface area contributed by atoms with E-state index < -0.39 is 16.9 Å². The molecule has 13 heteroatoms. The Morgan fingerprint density at radius 1 is 1.10 bits per heavy atom. The van der Waals surface area contributed by atoms with Crippen molar-refractivity contribution in [1.82, 2.24) is 14.3 Å². The molecule has 0 bridgehead atoms. The van der Waals surface area contributed by atoms with E-state index in [4.69, 9.17) is 19.3 Å². The lowest BCUT2D eigenvalue weighted by Crippen LogP contribution is -2.40. The average Bonchev–Trinajstić information content (AvgIpc) is 3.64. The summed E-state index contributed by atoms with van der Waals surface area (Å²) in [7, 11) is 1.56. The maximum Gasteiger partial charge on any atom is 0.338 e. The molecule has 49 heavy (non-hydrogen) atoms. The minimum atomic E-state index is -0.809. The van der Waals surface area contributed by atoms with Gasteiger partial charge in [0.25, 0.3) is 5.56 Å². The molecular weight excluding hydrogens is 646 g/mol. The minimum absolute atomic E-state index is 0.148. The first kappa shape index (κ1) is 33.1. The Morgan fingerprint density at radius 2 is 1.84 bits per heavy atom. The van der Waals surface area contributed by atoms with Gasteiger partial charge in [0.15, 0.2) is 10.6 Å². The van der Waals surface area contributed by atoms with Crippen LogP contribution in [0, 0.1) is 10.1 Å². The maximum absolute atomic E-state index is 14.4.